The second-order valence-electron chi connectivity index (χ2n) is 4.34. The highest BCUT2D eigenvalue weighted by Gasteiger charge is 2.29. The number of rotatable bonds is 3. The summed E-state index contributed by atoms with van der Waals surface area (Å²) in [4.78, 5) is 33.7. The summed E-state index contributed by atoms with van der Waals surface area (Å²) in [6.45, 7) is 1.04. The molecule has 1 heterocycles. The Labute approximate surface area is 118 Å². The van der Waals surface area contributed by atoms with Crippen LogP contribution in [0.15, 0.2) is 12.1 Å². The second-order valence-corrected chi connectivity index (χ2v) is 4.72. The first-order valence-corrected chi connectivity index (χ1v) is 6.21. The zero-order chi connectivity index (χ0) is 14.9. The van der Waals surface area contributed by atoms with E-state index in [1.807, 2.05) is 0 Å². The van der Waals surface area contributed by atoms with Crippen molar-refractivity contribution in [3.63, 3.8) is 0 Å². The van der Waals surface area contributed by atoms with Crippen molar-refractivity contribution in [3.05, 3.63) is 42.9 Å². The number of carbonyl (C=O) groups excluding carboxylic acids is 1. The SMILES string of the molecule is O=C(c1cc([N+](=O)[O-])cc([N+](=O)[O-])c1Cl)N1CCCC1. The molecular formula is C11H10ClN3O5. The normalized spacial score (nSPS) is 14.3. The number of carbonyl (C=O) groups is 1. The van der Waals surface area contributed by atoms with Crippen molar-refractivity contribution in [2.45, 2.75) is 12.8 Å². The fourth-order valence-electron chi connectivity index (χ4n) is 2.08. The molecule has 0 radical (unpaired) electrons. The molecule has 20 heavy (non-hydrogen) atoms. The Morgan fingerprint density at radius 2 is 1.75 bits per heavy atom. The number of hydrogen-bond acceptors (Lipinski definition) is 5. The lowest BCUT2D eigenvalue weighted by Gasteiger charge is -2.15. The lowest BCUT2D eigenvalue weighted by molar-refractivity contribution is -0.394. The first kappa shape index (κ1) is 14.2. The zero-order valence-corrected chi connectivity index (χ0v) is 11.0. The van der Waals surface area contributed by atoms with Gasteiger partial charge in [-0.05, 0) is 12.8 Å². The highest BCUT2D eigenvalue weighted by atomic mass is 35.5. The molecule has 0 atom stereocenters. The standard InChI is InChI=1S/C11H10ClN3O5/c12-10-8(11(16)13-3-1-2-4-13)5-7(14(17)18)6-9(10)15(19)20/h5-6H,1-4H2. The Kier molecular flexibility index (Phi) is 3.84. The molecular weight excluding hydrogens is 290 g/mol. The number of hydrogen-bond donors (Lipinski definition) is 0. The zero-order valence-electron chi connectivity index (χ0n) is 10.2. The van der Waals surface area contributed by atoms with Crippen LogP contribution in [0, 0.1) is 20.2 Å². The summed E-state index contributed by atoms with van der Waals surface area (Å²) in [6.07, 6.45) is 1.67. The van der Waals surface area contributed by atoms with Crippen molar-refractivity contribution in [1.29, 1.82) is 0 Å². The van der Waals surface area contributed by atoms with Gasteiger partial charge in [-0.15, -0.1) is 0 Å². The third-order valence-corrected chi connectivity index (χ3v) is 3.47. The van der Waals surface area contributed by atoms with E-state index in [2.05, 4.69) is 0 Å². The van der Waals surface area contributed by atoms with Gasteiger partial charge in [0.2, 0.25) is 0 Å². The van der Waals surface area contributed by atoms with Gasteiger partial charge in [-0.3, -0.25) is 25.0 Å². The van der Waals surface area contributed by atoms with Crippen LogP contribution in [-0.4, -0.2) is 33.7 Å². The number of halogens is 1. The number of amides is 1. The predicted molar refractivity (Wildman–Crippen MR) is 69.9 cm³/mol. The molecule has 9 heteroatoms. The minimum Gasteiger partial charge on any atom is -0.339 e. The maximum atomic E-state index is 12.2. The Bertz CT molecular complexity index is 598. The number of non-ortho nitro benzene ring substituents is 1. The Morgan fingerprint density at radius 1 is 1.15 bits per heavy atom. The fourth-order valence-corrected chi connectivity index (χ4v) is 2.34. The fraction of sp³-hybridized carbons (Fsp3) is 0.364. The highest BCUT2D eigenvalue weighted by molar-refractivity contribution is 6.36. The average Bonchev–Trinajstić information content (AvgIpc) is 2.91. The highest BCUT2D eigenvalue weighted by Crippen LogP contribution is 2.33. The molecule has 1 aromatic carbocycles. The summed E-state index contributed by atoms with van der Waals surface area (Å²) in [5.74, 6) is -0.515. The van der Waals surface area contributed by atoms with Crippen molar-refractivity contribution in [1.82, 2.24) is 4.90 Å². The molecule has 0 aromatic heterocycles. The van der Waals surface area contributed by atoms with Gasteiger partial charge in [0.1, 0.15) is 5.02 Å². The van der Waals surface area contributed by atoms with Crippen molar-refractivity contribution >= 4 is 28.9 Å². The summed E-state index contributed by atoms with van der Waals surface area (Å²) in [6, 6.07) is 1.74. The smallest absolute Gasteiger partial charge is 0.295 e. The molecule has 1 fully saturated rings. The first-order valence-electron chi connectivity index (χ1n) is 5.83. The quantitative estimate of drug-likeness (QED) is 0.629. The number of benzene rings is 1. The van der Waals surface area contributed by atoms with Crippen LogP contribution >= 0.6 is 11.6 Å². The van der Waals surface area contributed by atoms with Gasteiger partial charge in [0.15, 0.2) is 0 Å². The summed E-state index contributed by atoms with van der Waals surface area (Å²) < 4.78 is 0. The molecule has 0 aliphatic carbocycles. The topological polar surface area (TPSA) is 107 Å². The summed E-state index contributed by atoms with van der Waals surface area (Å²) in [5, 5.41) is 21.3. The third-order valence-electron chi connectivity index (χ3n) is 3.07. The maximum Gasteiger partial charge on any atom is 0.295 e. The Hall–Kier alpha value is -2.22. The Balaban J connectivity index is 2.52. The number of nitro benzene ring substituents is 2. The molecule has 1 aliphatic rings. The minimum atomic E-state index is -0.837. The molecule has 0 bridgehead atoms. The number of nitrogens with zero attached hydrogens (tertiary/aromatic N) is 3. The van der Waals surface area contributed by atoms with Gasteiger partial charge in [0.05, 0.1) is 21.5 Å². The van der Waals surface area contributed by atoms with Crippen molar-refractivity contribution in [2.24, 2.45) is 0 Å². The molecule has 106 valence electrons. The van der Waals surface area contributed by atoms with Crippen molar-refractivity contribution < 1.29 is 14.6 Å². The number of likely N-dealkylation sites (tertiary alicyclic amines) is 1. The lowest BCUT2D eigenvalue weighted by Crippen LogP contribution is -2.28. The van der Waals surface area contributed by atoms with Gasteiger partial charge in [0, 0.05) is 19.2 Å². The predicted octanol–water partition coefficient (Wildman–Crippen LogP) is 2.39. The van der Waals surface area contributed by atoms with E-state index in [9.17, 15) is 25.0 Å². The van der Waals surface area contributed by atoms with Crippen LogP contribution < -0.4 is 0 Å². The Morgan fingerprint density at radius 3 is 2.25 bits per heavy atom. The number of nitro groups is 2. The molecule has 0 saturated carbocycles. The van der Waals surface area contributed by atoms with Gasteiger partial charge in [-0.2, -0.15) is 0 Å². The molecule has 0 N–H and O–H groups in total. The summed E-state index contributed by atoms with van der Waals surface area (Å²) >= 11 is 5.84. The van der Waals surface area contributed by atoms with Crippen LogP contribution in [0.2, 0.25) is 5.02 Å². The van der Waals surface area contributed by atoms with Gasteiger partial charge in [-0.1, -0.05) is 11.6 Å². The molecule has 0 spiro atoms. The van der Waals surface area contributed by atoms with Crippen LogP contribution in [0.25, 0.3) is 0 Å². The molecule has 1 aromatic rings. The van der Waals surface area contributed by atoms with Crippen molar-refractivity contribution in [3.8, 4) is 0 Å². The van der Waals surface area contributed by atoms with Crippen LogP contribution in [0.4, 0.5) is 11.4 Å². The van der Waals surface area contributed by atoms with Crippen molar-refractivity contribution in [2.75, 3.05) is 13.1 Å². The van der Waals surface area contributed by atoms with Crippen LogP contribution in [0.5, 0.6) is 0 Å². The van der Waals surface area contributed by atoms with E-state index in [4.69, 9.17) is 11.6 Å². The van der Waals surface area contributed by atoms with Gasteiger partial charge in [-0.25, -0.2) is 0 Å². The summed E-state index contributed by atoms with van der Waals surface area (Å²) in [7, 11) is 0. The summed E-state index contributed by atoms with van der Waals surface area (Å²) in [5.41, 5.74) is -1.36. The molecule has 1 saturated heterocycles. The van der Waals surface area contributed by atoms with E-state index in [-0.39, 0.29) is 10.6 Å². The average molecular weight is 300 g/mol. The molecule has 1 aliphatic heterocycles. The second kappa shape index (κ2) is 5.41. The third kappa shape index (κ3) is 2.55. The molecule has 0 unspecified atom stereocenters. The van der Waals surface area contributed by atoms with E-state index < -0.39 is 27.1 Å². The first-order chi connectivity index (χ1) is 9.41. The van der Waals surface area contributed by atoms with Gasteiger partial charge in [0.25, 0.3) is 17.3 Å². The van der Waals surface area contributed by atoms with E-state index in [1.54, 1.807) is 0 Å². The van der Waals surface area contributed by atoms with Crippen LogP contribution in [-0.2, 0) is 0 Å². The minimum absolute atomic E-state index is 0.200. The maximum absolute atomic E-state index is 12.2. The van der Waals surface area contributed by atoms with E-state index in [1.165, 1.54) is 4.90 Å². The molecule has 2 rings (SSSR count). The largest absolute Gasteiger partial charge is 0.339 e. The van der Waals surface area contributed by atoms with E-state index in [0.717, 1.165) is 25.0 Å². The van der Waals surface area contributed by atoms with E-state index in [0.29, 0.717) is 13.1 Å². The van der Waals surface area contributed by atoms with Crippen LogP contribution in [0.3, 0.4) is 0 Å². The van der Waals surface area contributed by atoms with E-state index >= 15 is 0 Å². The lowest BCUT2D eigenvalue weighted by atomic mass is 10.1. The molecule has 1 amide bonds. The van der Waals surface area contributed by atoms with Crippen LogP contribution in [0.1, 0.15) is 23.2 Å². The monoisotopic (exact) mass is 299 g/mol. The van der Waals surface area contributed by atoms with Gasteiger partial charge < -0.3 is 4.90 Å². The van der Waals surface area contributed by atoms with Gasteiger partial charge >= 0.3 is 0 Å². The molecule has 8 nitrogen and oxygen atoms in total.